The van der Waals surface area contributed by atoms with Crippen LogP contribution in [0.1, 0.15) is 77.8 Å². The summed E-state index contributed by atoms with van der Waals surface area (Å²) in [7, 11) is -16.4. The van der Waals surface area contributed by atoms with Crippen LogP contribution in [0.25, 0.3) is 111 Å². The third kappa shape index (κ3) is 17.6. The molecule has 20 heterocycles. The molecule has 5 N–H and O–H groups in total. The maximum Gasteiger partial charge on any atom is 0.213 e. The lowest BCUT2D eigenvalue weighted by Gasteiger charge is -2.49. The van der Waals surface area contributed by atoms with Gasteiger partial charge >= 0.3 is 0 Å². The molecule has 20 rings (SSSR count). The lowest BCUT2D eigenvalue weighted by Crippen LogP contribution is -2.64. The summed E-state index contributed by atoms with van der Waals surface area (Å²) in [6, 6.07) is 20.3. The minimum Gasteiger partial charge on any atom is -0.346 e. The topological polar surface area (TPSA) is 538 Å². The fraction of sp³-hybridized carbons (Fsp3) is 0.368. The van der Waals surface area contributed by atoms with Gasteiger partial charge in [0.05, 0.1) is 149 Å². The summed E-state index contributed by atoms with van der Waals surface area (Å²) in [4.78, 5) is 45.1. The van der Waals surface area contributed by atoms with Crippen molar-refractivity contribution in [2.75, 3.05) is 94.2 Å². The van der Waals surface area contributed by atoms with Crippen molar-refractivity contribution in [1.29, 1.82) is 26.3 Å². The maximum absolute atomic E-state index is 14.4. The number of aromatic nitrogens is 20. The van der Waals surface area contributed by atoms with Crippen molar-refractivity contribution < 1.29 is 46.5 Å². The van der Waals surface area contributed by atoms with Gasteiger partial charge < -0.3 is 34.1 Å². The van der Waals surface area contributed by atoms with E-state index in [1.807, 2.05) is 96.8 Å². The smallest absolute Gasteiger partial charge is 0.213 e. The monoisotopic (exact) mass is 1960 g/mol. The number of hydrogen-bond donors (Lipinski definition) is 5. The minimum atomic E-state index is -3.32. The Labute approximate surface area is 785 Å². The van der Waals surface area contributed by atoms with Gasteiger partial charge in [-0.05, 0) is 89.9 Å². The van der Waals surface area contributed by atoms with Crippen LogP contribution < -0.4 is 0 Å². The number of hydrogen-bond acceptors (Lipinski definition) is 25. The highest BCUT2D eigenvalue weighted by molar-refractivity contribution is 7.90. The number of aromatic amines is 5. The molecular formula is C87H91Cl2FN30O10S5. The Morgan fingerprint density at radius 2 is 0.652 bits per heavy atom. The number of fused-ring (bicyclic) bond motifs is 5. The fourth-order valence-electron chi connectivity index (χ4n) is 17.7. The van der Waals surface area contributed by atoms with Crippen LogP contribution >= 0.6 is 23.2 Å². The van der Waals surface area contributed by atoms with Crippen LogP contribution in [0.15, 0.2) is 155 Å². The molecule has 48 heteroatoms. The first-order valence-corrected chi connectivity index (χ1v) is 51.5. The van der Waals surface area contributed by atoms with Crippen molar-refractivity contribution in [2.45, 2.75) is 108 Å². The summed E-state index contributed by atoms with van der Waals surface area (Å²) in [6.07, 6.45) is 35.3. The van der Waals surface area contributed by atoms with Crippen molar-refractivity contribution in [3.8, 4) is 86.2 Å². The summed E-state index contributed by atoms with van der Waals surface area (Å²) >= 11 is 12.9. The van der Waals surface area contributed by atoms with Crippen LogP contribution in [0.5, 0.6) is 0 Å². The number of pyridine rings is 3. The molecule has 0 amide bonds. The minimum absolute atomic E-state index is 0.00763. The number of halogens is 3. The lowest BCUT2D eigenvalue weighted by atomic mass is 9.89. The highest BCUT2D eigenvalue weighted by Gasteiger charge is 2.54. The molecule has 0 bridgehead atoms. The van der Waals surface area contributed by atoms with E-state index < -0.39 is 83.6 Å². The molecule has 0 spiro atoms. The fourth-order valence-corrected chi connectivity index (χ4v) is 24.4. The molecule has 5 aliphatic heterocycles. The van der Waals surface area contributed by atoms with E-state index in [1.54, 1.807) is 104 Å². The molecule has 0 unspecified atom stereocenters. The zero-order chi connectivity index (χ0) is 96.2. The van der Waals surface area contributed by atoms with E-state index in [-0.39, 0.29) is 113 Å². The van der Waals surface area contributed by atoms with Crippen LogP contribution in [-0.2, 0) is 77.8 Å². The molecule has 0 aliphatic carbocycles. The van der Waals surface area contributed by atoms with Gasteiger partial charge in [0.15, 0.2) is 0 Å². The zero-order valence-corrected chi connectivity index (χ0v) is 79.6. The quantitative estimate of drug-likeness (QED) is 0.0355. The van der Waals surface area contributed by atoms with E-state index in [2.05, 4.69) is 105 Å². The van der Waals surface area contributed by atoms with Gasteiger partial charge in [-0.15, -0.1) is 0 Å². The van der Waals surface area contributed by atoms with Crippen LogP contribution in [-0.4, -0.2) is 256 Å². The zero-order valence-electron chi connectivity index (χ0n) is 74.0. The average Bonchev–Trinajstić information content (AvgIpc) is 1.60. The number of aryl methyl sites for hydroxylation is 2. The Morgan fingerprint density at radius 1 is 0.348 bits per heavy atom. The van der Waals surface area contributed by atoms with Gasteiger partial charge in [-0.3, -0.25) is 14.0 Å². The molecule has 15 aromatic rings. The van der Waals surface area contributed by atoms with Gasteiger partial charge in [0.25, 0.3) is 0 Å². The van der Waals surface area contributed by atoms with Crippen molar-refractivity contribution >= 4 is 128 Å². The highest BCUT2D eigenvalue weighted by Crippen LogP contribution is 2.46. The van der Waals surface area contributed by atoms with Crippen LogP contribution in [0.3, 0.4) is 0 Å². The van der Waals surface area contributed by atoms with Gasteiger partial charge in [0, 0.05) is 224 Å². The molecule has 40 nitrogen and oxygen atoms in total. The van der Waals surface area contributed by atoms with E-state index in [0.29, 0.717) is 56.6 Å². The van der Waals surface area contributed by atoms with E-state index >= 15 is 0 Å². The number of nitrogens with one attached hydrogen (secondary N) is 5. The summed E-state index contributed by atoms with van der Waals surface area (Å²) < 4.78 is 151. The maximum atomic E-state index is 14.4. The third-order valence-electron chi connectivity index (χ3n) is 25.6. The molecule has 135 heavy (non-hydrogen) atoms. The molecule has 0 radical (unpaired) electrons. The standard InChI is InChI=1S/2C18H20N6O2S.2C17H17ClN6O2S.C17H17FN6O2S/c1-3-27(25,26)23-11-18(12-23,5-6-19)24-10-14(9-22-24)16-13(2)8-21-17-15(16)4-7-20-17;1-3-27(25,26)24-10-18(11-24,5-6-19)23-8-13(2)15(9-23)16-14-4-7-20-17(14)22-12-21-16;1-2-27(25,26)23-10-17(11-23,4-5-19)24-9-12(7-22-24)15-13-3-6-20-16(13)21-8-14(15)18;1-2-27(25,26)24-9-17(10-24,4-5-19)23-7-13(14(18)8-23)15-12-3-6-20-16(12)22-11-21-15;1-2-27(25,26)23-10-17(11-23,4-5-19)24-9-12(7-22-24)15-13-3-6-20-16(13)21-8-14(15)18/h4,7-10H,3,5,11-12H2,1-2H3,(H,20,21);4,7-9,12H,3,5,10-11H2,1-2H3,(H,20,21,22);3,6-9H,2,4,10-11H2,1H3,(H,20,21);3,6-8,11H,2,4,9-10H2,1H3,(H,20,21,22);3,6-9H,2,4,10-11H2,1H3,(H,20,21). The lowest BCUT2D eigenvalue weighted by molar-refractivity contribution is 0.0719. The first-order valence-electron chi connectivity index (χ1n) is 42.7. The van der Waals surface area contributed by atoms with Crippen molar-refractivity contribution in [2.24, 2.45) is 0 Å². The number of rotatable bonds is 25. The molecule has 5 aliphatic rings. The summed E-state index contributed by atoms with van der Waals surface area (Å²) in [6.45, 7) is 14.6. The molecule has 0 saturated carbocycles. The highest BCUT2D eigenvalue weighted by atomic mass is 35.5. The number of sulfonamides is 5. The Hall–Kier alpha value is -13.0. The van der Waals surface area contributed by atoms with Gasteiger partial charge in [-0.2, -0.15) is 63.1 Å². The summed E-state index contributed by atoms with van der Waals surface area (Å²) in [5.41, 5.74) is 10.1. The first-order chi connectivity index (χ1) is 64.5. The van der Waals surface area contributed by atoms with E-state index in [1.165, 1.54) is 40.4 Å². The van der Waals surface area contributed by atoms with Gasteiger partial charge in [0.2, 0.25) is 50.1 Å². The molecule has 700 valence electrons. The largest absolute Gasteiger partial charge is 0.346 e. The molecule has 0 aromatic carbocycles. The average molecular weight is 1970 g/mol. The van der Waals surface area contributed by atoms with Gasteiger partial charge in [-0.1, -0.05) is 23.2 Å². The summed E-state index contributed by atoms with van der Waals surface area (Å²) in [5.74, 6) is -0.259. The van der Waals surface area contributed by atoms with E-state index in [9.17, 15) is 72.8 Å². The van der Waals surface area contributed by atoms with Gasteiger partial charge in [-0.25, -0.2) is 81.4 Å². The second-order valence-electron chi connectivity index (χ2n) is 33.8. The van der Waals surface area contributed by atoms with E-state index in [0.717, 1.165) is 94.9 Å². The second kappa shape index (κ2) is 37.0. The van der Waals surface area contributed by atoms with E-state index in [4.69, 9.17) is 23.2 Å². The normalized spacial score (nSPS) is 16.9. The first kappa shape index (κ1) is 95.2. The Bertz CT molecular complexity index is 7280. The Morgan fingerprint density at radius 3 is 1.04 bits per heavy atom. The summed E-state index contributed by atoms with van der Waals surface area (Å²) in [5, 5.41) is 64.9. The third-order valence-corrected chi connectivity index (χ3v) is 35.0. The molecular weight excluding hydrogens is 1880 g/mol. The number of nitriles is 5. The molecule has 0 atom stereocenters. The Kier molecular flexibility index (Phi) is 26.1. The van der Waals surface area contributed by atoms with Crippen molar-refractivity contribution in [3.63, 3.8) is 0 Å². The molecule has 5 fully saturated rings. The number of nitrogens with zero attached hydrogens (tertiary/aromatic N) is 25. The van der Waals surface area contributed by atoms with Crippen LogP contribution in [0.4, 0.5) is 4.39 Å². The van der Waals surface area contributed by atoms with Crippen LogP contribution in [0.2, 0.25) is 10.0 Å². The van der Waals surface area contributed by atoms with Crippen molar-refractivity contribution in [3.05, 3.63) is 182 Å². The Balaban J connectivity index is 0.000000123. The SMILES string of the molecule is CCS(=O)(=O)N1CC(CC#N)(n2cc(-c3c(C)cnc4[nH]ccc34)cn2)C1.CCS(=O)(=O)N1CC(CC#N)(n2cc(-c3c(Cl)cnc4[nH]ccc34)cn2)C1.CCS(=O)(=O)N1CC(CC#N)(n2cc(-c3c(F)cnc4[nH]ccc34)cn2)C1.CCS(=O)(=O)N1CC(CC#N)(n2cc(C)c(-c3ncnc4[nH]ccc34)c2)C1.CCS(=O)(=O)N1CC(CC#N)(n2cc(Cl)c(-c3ncnc4[nH]ccc34)c2)C1. The predicted octanol–water partition coefficient (Wildman–Crippen LogP) is 10.6. The van der Waals surface area contributed by atoms with Crippen molar-refractivity contribution in [1.82, 2.24) is 120 Å². The van der Waals surface area contributed by atoms with Gasteiger partial charge in [0.1, 0.15) is 63.3 Å². The molecule has 5 saturated heterocycles. The number of H-pyrrole nitrogens is 5. The molecule has 15 aromatic heterocycles. The second-order valence-corrected chi connectivity index (χ2v) is 45.9. The predicted molar refractivity (Wildman–Crippen MR) is 502 cm³/mol. The van der Waals surface area contributed by atoms with Crippen LogP contribution in [0, 0.1) is 76.3 Å².